The number of halogens is 1. The van der Waals surface area contributed by atoms with Crippen LogP contribution in [0, 0.1) is 5.82 Å². The van der Waals surface area contributed by atoms with Crippen molar-refractivity contribution in [3.63, 3.8) is 0 Å². The average molecular weight is 280 g/mol. The summed E-state index contributed by atoms with van der Waals surface area (Å²) in [6.07, 6.45) is 0. The van der Waals surface area contributed by atoms with Crippen LogP contribution in [0.25, 0.3) is 21.9 Å². The molecule has 0 N–H and O–H groups in total. The second-order valence-electron chi connectivity index (χ2n) is 4.75. The Morgan fingerprint density at radius 2 is 1.57 bits per heavy atom. The Bertz CT molecular complexity index is 945. The first-order valence-corrected chi connectivity index (χ1v) is 6.44. The SMILES string of the molecule is O=C(c1cc2ccccc2o1)c1cc2cccc(F)c2o1. The second kappa shape index (κ2) is 4.31. The van der Waals surface area contributed by atoms with Gasteiger partial charge in [-0.15, -0.1) is 0 Å². The zero-order chi connectivity index (χ0) is 14.4. The lowest BCUT2D eigenvalue weighted by molar-refractivity contribution is 0.0987. The van der Waals surface area contributed by atoms with Gasteiger partial charge in [-0.3, -0.25) is 4.79 Å². The van der Waals surface area contributed by atoms with Gasteiger partial charge in [0.05, 0.1) is 0 Å². The molecule has 4 aromatic rings. The first kappa shape index (κ1) is 11.9. The molecule has 3 nitrogen and oxygen atoms in total. The highest BCUT2D eigenvalue weighted by Crippen LogP contribution is 2.26. The third-order valence-electron chi connectivity index (χ3n) is 3.37. The van der Waals surface area contributed by atoms with Gasteiger partial charge in [-0.2, -0.15) is 0 Å². The first-order chi connectivity index (χ1) is 10.2. The molecular formula is C17H9FO3. The molecule has 0 aliphatic rings. The Hall–Kier alpha value is -2.88. The van der Waals surface area contributed by atoms with Crippen molar-refractivity contribution in [3.05, 3.63) is 71.9 Å². The van der Waals surface area contributed by atoms with E-state index in [1.807, 2.05) is 18.2 Å². The summed E-state index contributed by atoms with van der Waals surface area (Å²) in [6.45, 7) is 0. The number of fused-ring (bicyclic) bond motifs is 2. The summed E-state index contributed by atoms with van der Waals surface area (Å²) < 4.78 is 24.4. The molecule has 0 amide bonds. The minimum Gasteiger partial charge on any atom is -0.452 e. The van der Waals surface area contributed by atoms with E-state index >= 15 is 0 Å². The Kier molecular flexibility index (Phi) is 2.44. The number of hydrogen-bond acceptors (Lipinski definition) is 3. The second-order valence-corrected chi connectivity index (χ2v) is 4.75. The van der Waals surface area contributed by atoms with E-state index in [9.17, 15) is 9.18 Å². The number of ketones is 1. The lowest BCUT2D eigenvalue weighted by Gasteiger charge is -1.91. The molecule has 0 saturated heterocycles. The van der Waals surface area contributed by atoms with Crippen molar-refractivity contribution in [1.82, 2.24) is 0 Å². The zero-order valence-corrected chi connectivity index (χ0v) is 10.8. The van der Waals surface area contributed by atoms with E-state index in [4.69, 9.17) is 8.83 Å². The van der Waals surface area contributed by atoms with E-state index in [1.54, 1.807) is 24.3 Å². The molecule has 4 rings (SSSR count). The largest absolute Gasteiger partial charge is 0.452 e. The summed E-state index contributed by atoms with van der Waals surface area (Å²) in [5, 5.41) is 1.39. The summed E-state index contributed by atoms with van der Waals surface area (Å²) in [6, 6.07) is 15.1. The number of hydrogen-bond donors (Lipinski definition) is 0. The van der Waals surface area contributed by atoms with Gasteiger partial charge in [0, 0.05) is 10.8 Å². The lowest BCUT2D eigenvalue weighted by atomic mass is 10.2. The summed E-state index contributed by atoms with van der Waals surface area (Å²) in [7, 11) is 0. The molecule has 0 atom stereocenters. The maximum absolute atomic E-state index is 13.6. The molecule has 102 valence electrons. The number of benzene rings is 2. The van der Waals surface area contributed by atoms with Gasteiger partial charge >= 0.3 is 0 Å². The standard InChI is InChI=1S/C17H9FO3/c18-12-6-3-5-11-9-15(21-17(11)12)16(19)14-8-10-4-1-2-7-13(10)20-14/h1-9H. The van der Waals surface area contributed by atoms with E-state index < -0.39 is 11.6 Å². The van der Waals surface area contributed by atoms with E-state index in [0.29, 0.717) is 11.0 Å². The smallest absolute Gasteiger partial charge is 0.263 e. The van der Waals surface area contributed by atoms with E-state index in [1.165, 1.54) is 12.1 Å². The van der Waals surface area contributed by atoms with Crippen molar-refractivity contribution >= 4 is 27.7 Å². The molecule has 0 aliphatic carbocycles. The van der Waals surface area contributed by atoms with Gasteiger partial charge in [0.25, 0.3) is 5.78 Å². The van der Waals surface area contributed by atoms with Gasteiger partial charge < -0.3 is 8.83 Å². The summed E-state index contributed by atoms with van der Waals surface area (Å²) in [5.41, 5.74) is 0.708. The molecule has 0 saturated carbocycles. The first-order valence-electron chi connectivity index (χ1n) is 6.44. The fraction of sp³-hybridized carbons (Fsp3) is 0. The molecule has 0 aliphatic heterocycles. The monoisotopic (exact) mass is 280 g/mol. The Morgan fingerprint density at radius 1 is 0.857 bits per heavy atom. The van der Waals surface area contributed by atoms with Crippen LogP contribution in [0.1, 0.15) is 16.3 Å². The minimum absolute atomic E-state index is 0.0640. The molecule has 4 heteroatoms. The van der Waals surface area contributed by atoms with Crippen LogP contribution in [0.5, 0.6) is 0 Å². The summed E-state index contributed by atoms with van der Waals surface area (Å²) >= 11 is 0. The van der Waals surface area contributed by atoms with E-state index in [0.717, 1.165) is 5.39 Å². The number of carbonyl (C=O) groups is 1. The highest BCUT2D eigenvalue weighted by Gasteiger charge is 2.19. The van der Waals surface area contributed by atoms with Crippen LogP contribution < -0.4 is 0 Å². The summed E-state index contributed by atoms with van der Waals surface area (Å²) in [4.78, 5) is 12.4. The van der Waals surface area contributed by atoms with Gasteiger partial charge in [0.1, 0.15) is 5.58 Å². The topological polar surface area (TPSA) is 43.4 Å². The summed E-state index contributed by atoms with van der Waals surface area (Å²) in [5.74, 6) is -0.650. The van der Waals surface area contributed by atoms with Gasteiger partial charge in [-0.1, -0.05) is 30.3 Å². The van der Waals surface area contributed by atoms with Crippen LogP contribution in [-0.4, -0.2) is 5.78 Å². The van der Waals surface area contributed by atoms with Crippen LogP contribution in [0.4, 0.5) is 4.39 Å². The molecule has 2 aromatic heterocycles. The number of rotatable bonds is 2. The van der Waals surface area contributed by atoms with Crippen molar-refractivity contribution < 1.29 is 18.0 Å². The predicted molar refractivity (Wildman–Crippen MR) is 75.8 cm³/mol. The van der Waals surface area contributed by atoms with Crippen LogP contribution in [0.2, 0.25) is 0 Å². The molecule has 21 heavy (non-hydrogen) atoms. The van der Waals surface area contributed by atoms with Crippen molar-refractivity contribution in [2.75, 3.05) is 0 Å². The molecule has 0 bridgehead atoms. The number of carbonyl (C=O) groups excluding carboxylic acids is 1. The average Bonchev–Trinajstić information content (AvgIpc) is 3.11. The van der Waals surface area contributed by atoms with Crippen LogP contribution >= 0.6 is 0 Å². The van der Waals surface area contributed by atoms with Crippen LogP contribution in [0.15, 0.2) is 63.4 Å². The maximum Gasteiger partial charge on any atom is 0.263 e. The number of para-hydroxylation sites is 2. The third-order valence-corrected chi connectivity index (χ3v) is 3.37. The van der Waals surface area contributed by atoms with Crippen LogP contribution in [-0.2, 0) is 0 Å². The Labute approximate surface area is 118 Å². The zero-order valence-electron chi connectivity index (χ0n) is 10.8. The van der Waals surface area contributed by atoms with E-state index in [-0.39, 0.29) is 17.1 Å². The minimum atomic E-state index is -0.490. The van der Waals surface area contributed by atoms with Gasteiger partial charge in [0.15, 0.2) is 22.9 Å². The van der Waals surface area contributed by atoms with Gasteiger partial charge in [-0.25, -0.2) is 4.39 Å². The molecule has 0 unspecified atom stereocenters. The Morgan fingerprint density at radius 3 is 2.38 bits per heavy atom. The molecule has 0 fully saturated rings. The molecule has 2 heterocycles. The highest BCUT2D eigenvalue weighted by atomic mass is 19.1. The maximum atomic E-state index is 13.6. The fourth-order valence-electron chi connectivity index (χ4n) is 2.35. The fourth-order valence-corrected chi connectivity index (χ4v) is 2.35. The van der Waals surface area contributed by atoms with Crippen LogP contribution in [0.3, 0.4) is 0 Å². The van der Waals surface area contributed by atoms with Crippen molar-refractivity contribution in [1.29, 1.82) is 0 Å². The van der Waals surface area contributed by atoms with Crippen molar-refractivity contribution in [3.8, 4) is 0 Å². The van der Waals surface area contributed by atoms with E-state index in [2.05, 4.69) is 0 Å². The lowest BCUT2D eigenvalue weighted by Crippen LogP contribution is -1.96. The Balaban J connectivity index is 1.83. The normalized spacial score (nSPS) is 11.3. The highest BCUT2D eigenvalue weighted by molar-refractivity contribution is 6.09. The quantitative estimate of drug-likeness (QED) is 0.506. The molecule has 2 aromatic carbocycles. The predicted octanol–water partition coefficient (Wildman–Crippen LogP) is 4.55. The van der Waals surface area contributed by atoms with Gasteiger partial charge in [-0.05, 0) is 24.3 Å². The van der Waals surface area contributed by atoms with Crippen molar-refractivity contribution in [2.24, 2.45) is 0 Å². The van der Waals surface area contributed by atoms with Gasteiger partial charge in [0.2, 0.25) is 0 Å². The number of furan rings is 2. The molecular weight excluding hydrogens is 271 g/mol. The molecule has 0 spiro atoms. The van der Waals surface area contributed by atoms with Crippen molar-refractivity contribution in [2.45, 2.75) is 0 Å². The third kappa shape index (κ3) is 1.84. The molecule has 0 radical (unpaired) electrons.